The van der Waals surface area contributed by atoms with Gasteiger partial charge in [0, 0.05) is 16.1 Å². The van der Waals surface area contributed by atoms with E-state index in [1.165, 1.54) is 18.1 Å². The Bertz CT molecular complexity index is 1130. The van der Waals surface area contributed by atoms with Crippen molar-refractivity contribution in [2.75, 3.05) is 11.1 Å². The first-order valence-electron chi connectivity index (χ1n) is 7.93. The molecule has 4 rings (SSSR count). The Labute approximate surface area is 158 Å². The van der Waals surface area contributed by atoms with Gasteiger partial charge < -0.3 is 9.73 Å². The predicted octanol–water partition coefficient (Wildman–Crippen LogP) is 5.07. The zero-order valence-corrected chi connectivity index (χ0v) is 15.4. The summed E-state index contributed by atoms with van der Waals surface area (Å²) in [5.41, 5.74) is 3.78. The van der Waals surface area contributed by atoms with E-state index in [0.717, 1.165) is 27.7 Å². The molecule has 2 aromatic heterocycles. The fraction of sp³-hybridized carbons (Fsp3) is 0.105. The second kappa shape index (κ2) is 6.97. The van der Waals surface area contributed by atoms with Crippen molar-refractivity contribution in [1.29, 1.82) is 0 Å². The van der Waals surface area contributed by atoms with Gasteiger partial charge >= 0.3 is 0 Å². The van der Waals surface area contributed by atoms with E-state index in [4.69, 9.17) is 16.0 Å². The molecule has 0 aliphatic heterocycles. The molecule has 0 saturated heterocycles. The van der Waals surface area contributed by atoms with Gasteiger partial charge in [-0.15, -0.1) is 0 Å². The van der Waals surface area contributed by atoms with Crippen molar-refractivity contribution >= 4 is 57.0 Å². The summed E-state index contributed by atoms with van der Waals surface area (Å²) in [7, 11) is 0. The second-order valence-corrected chi connectivity index (χ2v) is 7.15. The molecule has 130 valence electrons. The Kier molecular flexibility index (Phi) is 4.53. The fourth-order valence-corrected chi connectivity index (χ4v) is 3.65. The molecule has 0 saturated carbocycles. The number of aryl methyl sites for hydroxylation is 1. The van der Waals surface area contributed by atoms with Crippen molar-refractivity contribution in [1.82, 2.24) is 9.97 Å². The molecule has 0 aliphatic carbocycles. The zero-order chi connectivity index (χ0) is 18.1. The van der Waals surface area contributed by atoms with E-state index in [1.807, 2.05) is 37.3 Å². The number of benzene rings is 2. The highest BCUT2D eigenvalue weighted by Gasteiger charge is 2.14. The van der Waals surface area contributed by atoms with E-state index in [0.29, 0.717) is 15.6 Å². The van der Waals surface area contributed by atoms with Gasteiger partial charge in [0.05, 0.1) is 5.75 Å². The normalized spacial score (nSPS) is 11.2. The number of halogens is 1. The highest BCUT2D eigenvalue weighted by atomic mass is 35.5. The number of aromatic nitrogens is 2. The number of anilines is 1. The van der Waals surface area contributed by atoms with Gasteiger partial charge in [-0.05, 0) is 42.8 Å². The molecule has 0 unspecified atom stereocenters. The minimum Gasteiger partial charge on any atom is -0.451 e. The molecule has 0 radical (unpaired) electrons. The van der Waals surface area contributed by atoms with Gasteiger partial charge in [0.25, 0.3) is 0 Å². The van der Waals surface area contributed by atoms with Crippen LogP contribution in [0.25, 0.3) is 22.1 Å². The lowest BCUT2D eigenvalue weighted by Crippen LogP contribution is -2.14. The molecule has 1 N–H and O–H groups in total. The first kappa shape index (κ1) is 16.9. The minimum atomic E-state index is -0.122. The number of para-hydroxylation sites is 1. The summed E-state index contributed by atoms with van der Waals surface area (Å²) in [4.78, 5) is 20.9. The maximum absolute atomic E-state index is 12.3. The zero-order valence-electron chi connectivity index (χ0n) is 13.8. The standard InChI is InChI=1S/C19H14ClN3O2S/c1-11-8-12(20)6-7-14(11)23-16(24)9-26-19-18-17(21-10-22-19)13-4-2-3-5-15(13)25-18/h2-8,10H,9H2,1H3,(H,23,24). The van der Waals surface area contributed by atoms with Crippen LogP contribution in [0.1, 0.15) is 5.56 Å². The van der Waals surface area contributed by atoms with Crippen LogP contribution in [0.5, 0.6) is 0 Å². The summed E-state index contributed by atoms with van der Waals surface area (Å²) in [6.07, 6.45) is 1.49. The van der Waals surface area contributed by atoms with Crippen LogP contribution in [0.15, 0.2) is 58.2 Å². The summed E-state index contributed by atoms with van der Waals surface area (Å²) in [6.45, 7) is 1.90. The number of rotatable bonds is 4. The van der Waals surface area contributed by atoms with E-state index < -0.39 is 0 Å². The Morgan fingerprint density at radius 1 is 1.23 bits per heavy atom. The third kappa shape index (κ3) is 3.25. The van der Waals surface area contributed by atoms with Crippen LogP contribution in [-0.4, -0.2) is 21.6 Å². The van der Waals surface area contributed by atoms with Crippen molar-refractivity contribution in [2.24, 2.45) is 0 Å². The molecule has 2 aromatic carbocycles. The summed E-state index contributed by atoms with van der Waals surface area (Å²) >= 11 is 7.26. The van der Waals surface area contributed by atoms with Gasteiger partial charge in [0.1, 0.15) is 22.5 Å². The molecule has 5 nitrogen and oxygen atoms in total. The number of hydrogen-bond donors (Lipinski definition) is 1. The molecular weight excluding hydrogens is 370 g/mol. The van der Waals surface area contributed by atoms with E-state index in [-0.39, 0.29) is 11.7 Å². The van der Waals surface area contributed by atoms with Gasteiger partial charge in [-0.2, -0.15) is 0 Å². The van der Waals surface area contributed by atoms with Crippen LogP contribution in [0, 0.1) is 6.92 Å². The minimum absolute atomic E-state index is 0.122. The average Bonchev–Trinajstić information content (AvgIpc) is 3.02. The number of carbonyl (C=O) groups excluding carboxylic acids is 1. The second-order valence-electron chi connectivity index (χ2n) is 5.75. The number of nitrogens with one attached hydrogen (secondary N) is 1. The molecule has 0 bridgehead atoms. The molecule has 4 aromatic rings. The van der Waals surface area contributed by atoms with E-state index in [9.17, 15) is 4.79 Å². The Morgan fingerprint density at radius 3 is 2.92 bits per heavy atom. The van der Waals surface area contributed by atoms with Crippen molar-refractivity contribution in [3.05, 3.63) is 59.4 Å². The van der Waals surface area contributed by atoms with Crippen LogP contribution < -0.4 is 5.32 Å². The lowest BCUT2D eigenvalue weighted by atomic mass is 10.2. The predicted molar refractivity (Wildman–Crippen MR) is 105 cm³/mol. The van der Waals surface area contributed by atoms with Crippen LogP contribution in [0.3, 0.4) is 0 Å². The first-order chi connectivity index (χ1) is 12.6. The summed E-state index contributed by atoms with van der Waals surface area (Å²) in [5, 5.41) is 5.12. The average molecular weight is 384 g/mol. The highest BCUT2D eigenvalue weighted by Crippen LogP contribution is 2.32. The maximum atomic E-state index is 12.3. The van der Waals surface area contributed by atoms with Gasteiger partial charge in [0.2, 0.25) is 5.91 Å². The quantitative estimate of drug-likeness (QED) is 0.393. The van der Waals surface area contributed by atoms with Gasteiger partial charge in [-0.25, -0.2) is 9.97 Å². The largest absolute Gasteiger partial charge is 0.451 e. The highest BCUT2D eigenvalue weighted by molar-refractivity contribution is 8.00. The van der Waals surface area contributed by atoms with Crippen molar-refractivity contribution in [2.45, 2.75) is 11.9 Å². The molecule has 1 amide bonds. The number of carbonyl (C=O) groups is 1. The van der Waals surface area contributed by atoms with Crippen molar-refractivity contribution < 1.29 is 9.21 Å². The number of fused-ring (bicyclic) bond motifs is 3. The SMILES string of the molecule is Cc1cc(Cl)ccc1NC(=O)CSc1ncnc2c1oc1ccccc12. The Balaban J connectivity index is 1.53. The maximum Gasteiger partial charge on any atom is 0.234 e. The van der Waals surface area contributed by atoms with Gasteiger partial charge in [0.15, 0.2) is 5.58 Å². The molecule has 0 atom stereocenters. The molecule has 0 spiro atoms. The number of nitrogens with zero attached hydrogens (tertiary/aromatic N) is 2. The van der Waals surface area contributed by atoms with Crippen molar-refractivity contribution in [3.63, 3.8) is 0 Å². The van der Waals surface area contributed by atoms with E-state index in [2.05, 4.69) is 15.3 Å². The van der Waals surface area contributed by atoms with Crippen LogP contribution in [0.4, 0.5) is 5.69 Å². The lowest BCUT2D eigenvalue weighted by Gasteiger charge is -2.08. The van der Waals surface area contributed by atoms with Crippen molar-refractivity contribution in [3.8, 4) is 0 Å². The van der Waals surface area contributed by atoms with Gasteiger partial charge in [-0.1, -0.05) is 35.5 Å². The van der Waals surface area contributed by atoms with Crippen LogP contribution in [-0.2, 0) is 4.79 Å². The topological polar surface area (TPSA) is 68.0 Å². The van der Waals surface area contributed by atoms with E-state index in [1.54, 1.807) is 12.1 Å². The number of amides is 1. The van der Waals surface area contributed by atoms with E-state index >= 15 is 0 Å². The molecule has 2 heterocycles. The first-order valence-corrected chi connectivity index (χ1v) is 9.29. The van der Waals surface area contributed by atoms with Crippen LogP contribution >= 0.6 is 23.4 Å². The number of furan rings is 1. The Morgan fingerprint density at radius 2 is 2.08 bits per heavy atom. The summed E-state index contributed by atoms with van der Waals surface area (Å²) < 4.78 is 5.87. The molecule has 0 fully saturated rings. The summed E-state index contributed by atoms with van der Waals surface area (Å²) in [6, 6.07) is 13.1. The van der Waals surface area contributed by atoms with Gasteiger partial charge in [-0.3, -0.25) is 4.79 Å². The molecule has 7 heteroatoms. The lowest BCUT2D eigenvalue weighted by molar-refractivity contribution is -0.113. The monoisotopic (exact) mass is 383 g/mol. The van der Waals surface area contributed by atoms with Crippen LogP contribution in [0.2, 0.25) is 5.02 Å². The molecule has 0 aliphatic rings. The smallest absolute Gasteiger partial charge is 0.234 e. The molecule has 26 heavy (non-hydrogen) atoms. The third-order valence-corrected chi connectivity index (χ3v) is 5.13. The Hall–Kier alpha value is -2.57. The number of hydrogen-bond acceptors (Lipinski definition) is 5. The third-order valence-electron chi connectivity index (χ3n) is 3.93. The summed E-state index contributed by atoms with van der Waals surface area (Å²) in [5.74, 6) is 0.0916. The molecular formula is C19H14ClN3O2S. The number of thioether (sulfide) groups is 1. The fourth-order valence-electron chi connectivity index (χ4n) is 2.69.